The minimum atomic E-state index is 0.159. The Morgan fingerprint density at radius 2 is 1.89 bits per heavy atom. The molecule has 0 amide bonds. The quantitative estimate of drug-likeness (QED) is 0.367. The molecule has 37 heavy (non-hydrogen) atoms. The van der Waals surface area contributed by atoms with E-state index in [-0.39, 0.29) is 5.75 Å². The van der Waals surface area contributed by atoms with E-state index in [1.54, 1.807) is 17.9 Å². The lowest BCUT2D eigenvalue weighted by Crippen LogP contribution is -2.44. The van der Waals surface area contributed by atoms with E-state index in [0.717, 1.165) is 53.1 Å². The Hall–Kier alpha value is -4.30. The van der Waals surface area contributed by atoms with Gasteiger partial charge < -0.3 is 9.84 Å². The highest BCUT2D eigenvalue weighted by Crippen LogP contribution is 2.36. The molecule has 6 rings (SSSR count). The lowest BCUT2D eigenvalue weighted by atomic mass is 9.94. The van der Waals surface area contributed by atoms with E-state index in [9.17, 15) is 5.11 Å². The van der Waals surface area contributed by atoms with Crippen molar-refractivity contribution in [3.63, 3.8) is 0 Å². The third-order valence-electron chi connectivity index (χ3n) is 7.09. The van der Waals surface area contributed by atoms with E-state index >= 15 is 0 Å². The molecule has 186 valence electrons. The van der Waals surface area contributed by atoms with Crippen molar-refractivity contribution in [3.05, 3.63) is 83.9 Å². The molecule has 0 spiro atoms. The summed E-state index contributed by atoms with van der Waals surface area (Å²) < 4.78 is 7.32. The number of likely N-dealkylation sites (tertiary alicyclic amines) is 1. The molecular weight excluding hydrogens is 464 g/mol. The highest BCUT2D eigenvalue weighted by atomic mass is 16.5. The number of fused-ring (bicyclic) bond motifs is 1. The molecule has 0 unspecified atom stereocenters. The van der Waals surface area contributed by atoms with Gasteiger partial charge in [0.15, 0.2) is 0 Å². The maximum Gasteiger partial charge on any atom is 0.147 e. The zero-order chi connectivity index (χ0) is 25.5. The number of aryl methyl sites for hydroxylation is 2. The van der Waals surface area contributed by atoms with Crippen LogP contribution in [-0.4, -0.2) is 55.2 Å². The molecule has 0 aliphatic carbocycles. The number of methoxy groups -OCH3 is 1. The number of pyridine rings is 1. The van der Waals surface area contributed by atoms with Gasteiger partial charge in [-0.15, -0.1) is 0 Å². The molecule has 0 saturated carbocycles. The van der Waals surface area contributed by atoms with Gasteiger partial charge in [0.1, 0.15) is 17.0 Å². The van der Waals surface area contributed by atoms with Crippen molar-refractivity contribution >= 4 is 10.9 Å². The number of rotatable bonds is 6. The molecule has 8 nitrogen and oxygen atoms in total. The fourth-order valence-electron chi connectivity index (χ4n) is 4.99. The van der Waals surface area contributed by atoms with Crippen molar-refractivity contribution < 1.29 is 9.84 Å². The molecule has 1 fully saturated rings. The number of hydrogen-bond acceptors (Lipinski definition) is 7. The van der Waals surface area contributed by atoms with E-state index in [1.165, 1.54) is 5.56 Å². The van der Waals surface area contributed by atoms with Gasteiger partial charge in [-0.25, -0.2) is 0 Å². The van der Waals surface area contributed by atoms with E-state index in [1.807, 2.05) is 61.9 Å². The highest BCUT2D eigenvalue weighted by Gasteiger charge is 2.29. The van der Waals surface area contributed by atoms with Crippen molar-refractivity contribution in [3.8, 4) is 33.9 Å². The Balaban J connectivity index is 1.17. The molecule has 1 saturated heterocycles. The van der Waals surface area contributed by atoms with Crippen LogP contribution in [0.2, 0.25) is 0 Å². The number of aromatic nitrogens is 5. The van der Waals surface area contributed by atoms with E-state index < -0.39 is 0 Å². The molecule has 1 aliphatic rings. The average Bonchev–Trinajstić information content (AvgIpc) is 3.26. The largest absolute Gasteiger partial charge is 0.507 e. The third kappa shape index (κ3) is 4.40. The first-order chi connectivity index (χ1) is 18.0. The molecule has 8 heteroatoms. The fourth-order valence-corrected chi connectivity index (χ4v) is 4.99. The van der Waals surface area contributed by atoms with Crippen LogP contribution in [0.15, 0.2) is 67.0 Å². The van der Waals surface area contributed by atoms with Gasteiger partial charge in [0.05, 0.1) is 18.5 Å². The second-order valence-corrected chi connectivity index (χ2v) is 9.63. The Morgan fingerprint density at radius 1 is 1.03 bits per heavy atom. The van der Waals surface area contributed by atoms with Crippen molar-refractivity contribution in [2.45, 2.75) is 19.4 Å². The summed E-state index contributed by atoms with van der Waals surface area (Å²) in [5, 5.41) is 25.2. The molecule has 1 N–H and O–H groups in total. The number of benzene rings is 2. The maximum absolute atomic E-state index is 10.9. The topological polar surface area (TPSA) is 89.2 Å². The Bertz CT molecular complexity index is 1590. The summed E-state index contributed by atoms with van der Waals surface area (Å²) in [6, 6.07) is 17.7. The van der Waals surface area contributed by atoms with Gasteiger partial charge in [0, 0.05) is 61.6 Å². The number of phenolic OH excluding ortho intramolecular Hbond substituents is 1. The van der Waals surface area contributed by atoms with Crippen LogP contribution in [-0.2, 0) is 13.6 Å². The SMILES string of the molecule is COc1cc(-c2ccc(-c3ccc(C4CN(Cc5cccnc5C)C4)nn3)c(O)c2)cc2cn(C)nc12. The first kappa shape index (κ1) is 23.1. The predicted octanol–water partition coefficient (Wildman–Crippen LogP) is 4.71. The van der Waals surface area contributed by atoms with Crippen LogP contribution in [0, 0.1) is 6.92 Å². The Labute approximate surface area is 215 Å². The number of hydrogen-bond donors (Lipinski definition) is 1. The van der Waals surface area contributed by atoms with Crippen molar-refractivity contribution in [2.75, 3.05) is 20.2 Å². The first-order valence-electron chi connectivity index (χ1n) is 12.3. The Morgan fingerprint density at radius 3 is 2.62 bits per heavy atom. The molecule has 0 bridgehead atoms. The summed E-state index contributed by atoms with van der Waals surface area (Å²) in [6.07, 6.45) is 3.78. The normalized spacial score (nSPS) is 14.1. The van der Waals surface area contributed by atoms with Gasteiger partial charge in [-0.2, -0.15) is 15.3 Å². The summed E-state index contributed by atoms with van der Waals surface area (Å²) in [7, 11) is 3.52. The highest BCUT2D eigenvalue weighted by molar-refractivity contribution is 5.90. The van der Waals surface area contributed by atoms with Gasteiger partial charge in [-0.1, -0.05) is 12.1 Å². The lowest BCUT2D eigenvalue weighted by molar-refractivity contribution is 0.136. The van der Waals surface area contributed by atoms with E-state index in [0.29, 0.717) is 22.9 Å². The first-order valence-corrected chi connectivity index (χ1v) is 12.3. The summed E-state index contributed by atoms with van der Waals surface area (Å²) in [4.78, 5) is 6.77. The van der Waals surface area contributed by atoms with Gasteiger partial charge >= 0.3 is 0 Å². The van der Waals surface area contributed by atoms with Crippen LogP contribution in [0.5, 0.6) is 11.5 Å². The molecule has 1 aliphatic heterocycles. The Kier molecular flexibility index (Phi) is 5.81. The van der Waals surface area contributed by atoms with Gasteiger partial charge in [-0.05, 0) is 66.1 Å². The molecule has 3 aromatic heterocycles. The molecule has 0 atom stereocenters. The fraction of sp³-hybridized carbons (Fsp3) is 0.241. The summed E-state index contributed by atoms with van der Waals surface area (Å²) in [5.74, 6) is 1.22. The minimum Gasteiger partial charge on any atom is -0.507 e. The summed E-state index contributed by atoms with van der Waals surface area (Å²) >= 11 is 0. The summed E-state index contributed by atoms with van der Waals surface area (Å²) in [6.45, 7) is 4.86. The van der Waals surface area contributed by atoms with Crippen LogP contribution >= 0.6 is 0 Å². The molecular formula is C29H28N6O2. The molecule has 2 aromatic carbocycles. The van der Waals surface area contributed by atoms with E-state index in [2.05, 4.69) is 38.2 Å². The maximum atomic E-state index is 10.9. The standard InChI is InChI=1S/C29H28N6O2/c1-18-20(5-4-10-30-18)15-35-16-23(17-35)25-8-9-26(32-31-25)24-7-6-19(12-27(24)36)21-11-22-14-34(2)33-29(22)28(13-21)37-3/h4-14,23,36H,15-17H2,1-3H3. The second-order valence-electron chi connectivity index (χ2n) is 9.63. The van der Waals surface area contributed by atoms with Gasteiger partial charge in [0.2, 0.25) is 0 Å². The molecule has 4 heterocycles. The molecule has 5 aromatic rings. The van der Waals surface area contributed by atoms with Crippen molar-refractivity contribution in [2.24, 2.45) is 7.05 Å². The average molecular weight is 493 g/mol. The minimum absolute atomic E-state index is 0.159. The molecule has 0 radical (unpaired) electrons. The third-order valence-corrected chi connectivity index (χ3v) is 7.09. The lowest BCUT2D eigenvalue weighted by Gasteiger charge is -2.38. The summed E-state index contributed by atoms with van der Waals surface area (Å²) in [5.41, 5.74) is 7.26. The van der Waals surface area contributed by atoms with E-state index in [4.69, 9.17) is 4.74 Å². The predicted molar refractivity (Wildman–Crippen MR) is 142 cm³/mol. The van der Waals surface area contributed by atoms with Crippen LogP contribution < -0.4 is 4.74 Å². The van der Waals surface area contributed by atoms with Crippen LogP contribution in [0.25, 0.3) is 33.3 Å². The van der Waals surface area contributed by atoms with Gasteiger partial charge in [-0.3, -0.25) is 14.6 Å². The van der Waals surface area contributed by atoms with Crippen molar-refractivity contribution in [1.82, 2.24) is 29.9 Å². The van der Waals surface area contributed by atoms with Crippen molar-refractivity contribution in [1.29, 1.82) is 0 Å². The van der Waals surface area contributed by atoms with Crippen LogP contribution in [0.1, 0.15) is 22.9 Å². The number of ether oxygens (including phenoxy) is 1. The second kappa shape index (κ2) is 9.29. The number of aromatic hydroxyl groups is 1. The van der Waals surface area contributed by atoms with Crippen LogP contribution in [0.3, 0.4) is 0 Å². The smallest absolute Gasteiger partial charge is 0.147 e. The number of phenols is 1. The number of nitrogens with zero attached hydrogens (tertiary/aromatic N) is 6. The zero-order valence-electron chi connectivity index (χ0n) is 21.1. The van der Waals surface area contributed by atoms with Gasteiger partial charge in [0.25, 0.3) is 0 Å². The van der Waals surface area contributed by atoms with Crippen LogP contribution in [0.4, 0.5) is 0 Å². The zero-order valence-corrected chi connectivity index (χ0v) is 21.1. The monoisotopic (exact) mass is 492 g/mol.